The summed E-state index contributed by atoms with van der Waals surface area (Å²) in [5.41, 5.74) is 7.24. The van der Waals surface area contributed by atoms with Crippen LogP contribution in [0.25, 0.3) is 11.1 Å². The fraction of sp³-hybridized carbons (Fsp3) is 0.143. The summed E-state index contributed by atoms with van der Waals surface area (Å²) in [7, 11) is 0. The number of hydrogen-bond acceptors (Lipinski definition) is 0. The second-order valence-electron chi connectivity index (χ2n) is 5.77. The first-order chi connectivity index (χ1) is 10.6. The second-order valence-corrected chi connectivity index (χ2v) is 6.21. The minimum Gasteiger partial charge on any atom is -0.113 e. The normalized spacial score (nSPS) is 12.1. The molecule has 1 heteroatoms. The summed E-state index contributed by atoms with van der Waals surface area (Å²) in [6.45, 7) is 4.22. The first-order valence-corrected chi connectivity index (χ1v) is 7.95. The molecule has 1 atom stereocenters. The van der Waals surface area contributed by atoms with Crippen molar-refractivity contribution in [2.75, 3.05) is 0 Å². The largest absolute Gasteiger partial charge is 0.113 e. The third-order valence-corrected chi connectivity index (χ3v) is 4.35. The van der Waals surface area contributed by atoms with E-state index in [0.29, 0.717) is 0 Å². The molecule has 3 aromatic rings. The molecule has 0 spiro atoms. The van der Waals surface area contributed by atoms with E-state index in [-0.39, 0.29) is 5.38 Å². The van der Waals surface area contributed by atoms with Gasteiger partial charge in [0.05, 0.1) is 5.38 Å². The van der Waals surface area contributed by atoms with Crippen molar-refractivity contribution in [1.82, 2.24) is 0 Å². The number of aryl methyl sites for hydroxylation is 2. The van der Waals surface area contributed by atoms with Gasteiger partial charge in [-0.3, -0.25) is 0 Å². The highest BCUT2D eigenvalue weighted by atomic mass is 35.5. The monoisotopic (exact) mass is 306 g/mol. The molecule has 3 aromatic carbocycles. The van der Waals surface area contributed by atoms with Crippen molar-refractivity contribution in [3.8, 4) is 11.1 Å². The van der Waals surface area contributed by atoms with Crippen LogP contribution in [-0.2, 0) is 0 Å². The summed E-state index contributed by atoms with van der Waals surface area (Å²) >= 11 is 6.67. The van der Waals surface area contributed by atoms with E-state index in [2.05, 4.69) is 80.6 Å². The Morgan fingerprint density at radius 3 is 1.77 bits per heavy atom. The van der Waals surface area contributed by atoms with Crippen LogP contribution >= 0.6 is 11.6 Å². The SMILES string of the molecule is Cc1cc(C)cc(C(Cl)c2ccc(-c3ccccc3)cc2)c1. The van der Waals surface area contributed by atoms with Crippen LogP contribution in [0.5, 0.6) is 0 Å². The molecule has 0 heterocycles. The molecular formula is C21H19Cl. The molecule has 0 aliphatic heterocycles. The van der Waals surface area contributed by atoms with Gasteiger partial charge in [0, 0.05) is 0 Å². The van der Waals surface area contributed by atoms with Gasteiger partial charge in [0.25, 0.3) is 0 Å². The molecule has 0 aliphatic rings. The van der Waals surface area contributed by atoms with Gasteiger partial charge in [-0.05, 0) is 36.1 Å². The smallest absolute Gasteiger partial charge is 0.0835 e. The maximum atomic E-state index is 6.67. The Kier molecular flexibility index (Phi) is 4.31. The Bertz CT molecular complexity index is 737. The Balaban J connectivity index is 1.89. The molecular weight excluding hydrogens is 288 g/mol. The average molecular weight is 307 g/mol. The Hall–Kier alpha value is -2.05. The minimum absolute atomic E-state index is 0.108. The van der Waals surface area contributed by atoms with Gasteiger partial charge in [-0.15, -0.1) is 11.6 Å². The van der Waals surface area contributed by atoms with Crippen LogP contribution in [0.2, 0.25) is 0 Å². The van der Waals surface area contributed by atoms with Crippen molar-refractivity contribution >= 4 is 11.6 Å². The van der Waals surface area contributed by atoms with Crippen molar-refractivity contribution in [1.29, 1.82) is 0 Å². The van der Waals surface area contributed by atoms with Gasteiger partial charge in [0.1, 0.15) is 0 Å². The van der Waals surface area contributed by atoms with Crippen LogP contribution in [-0.4, -0.2) is 0 Å². The van der Waals surface area contributed by atoms with Crippen LogP contribution in [0, 0.1) is 13.8 Å². The first-order valence-electron chi connectivity index (χ1n) is 7.51. The van der Waals surface area contributed by atoms with Gasteiger partial charge < -0.3 is 0 Å². The summed E-state index contributed by atoms with van der Waals surface area (Å²) in [5.74, 6) is 0. The molecule has 0 saturated heterocycles. The van der Waals surface area contributed by atoms with Gasteiger partial charge in [0.15, 0.2) is 0 Å². The predicted octanol–water partition coefficient (Wildman–Crippen LogP) is 6.30. The van der Waals surface area contributed by atoms with E-state index < -0.39 is 0 Å². The first kappa shape index (κ1) is 14.9. The van der Waals surface area contributed by atoms with E-state index in [4.69, 9.17) is 11.6 Å². The lowest BCUT2D eigenvalue weighted by Crippen LogP contribution is -1.95. The highest BCUT2D eigenvalue weighted by molar-refractivity contribution is 6.22. The zero-order chi connectivity index (χ0) is 15.5. The van der Waals surface area contributed by atoms with Gasteiger partial charge >= 0.3 is 0 Å². The Morgan fingerprint density at radius 2 is 1.18 bits per heavy atom. The second kappa shape index (κ2) is 6.37. The lowest BCUT2D eigenvalue weighted by molar-refractivity contribution is 1.12. The lowest BCUT2D eigenvalue weighted by atomic mass is 9.98. The summed E-state index contributed by atoms with van der Waals surface area (Å²) in [6.07, 6.45) is 0. The van der Waals surface area contributed by atoms with Crippen LogP contribution in [0.15, 0.2) is 72.8 Å². The van der Waals surface area contributed by atoms with E-state index in [1.807, 2.05) is 6.07 Å². The minimum atomic E-state index is -0.108. The summed E-state index contributed by atoms with van der Waals surface area (Å²) in [5, 5.41) is -0.108. The van der Waals surface area contributed by atoms with Crippen molar-refractivity contribution in [2.45, 2.75) is 19.2 Å². The van der Waals surface area contributed by atoms with Crippen LogP contribution in [0.1, 0.15) is 27.6 Å². The zero-order valence-electron chi connectivity index (χ0n) is 12.9. The van der Waals surface area contributed by atoms with Crippen LogP contribution in [0.3, 0.4) is 0 Å². The molecule has 0 fully saturated rings. The topological polar surface area (TPSA) is 0 Å². The molecule has 1 unspecified atom stereocenters. The fourth-order valence-corrected chi connectivity index (χ4v) is 3.10. The van der Waals surface area contributed by atoms with E-state index in [9.17, 15) is 0 Å². The number of halogens is 1. The molecule has 0 amide bonds. The molecule has 0 nitrogen and oxygen atoms in total. The predicted molar refractivity (Wildman–Crippen MR) is 95.5 cm³/mol. The fourth-order valence-electron chi connectivity index (χ4n) is 2.82. The third-order valence-electron chi connectivity index (χ3n) is 3.85. The van der Waals surface area contributed by atoms with Crippen LogP contribution in [0.4, 0.5) is 0 Å². The number of hydrogen-bond donors (Lipinski definition) is 0. The molecule has 0 aliphatic carbocycles. The highest BCUT2D eigenvalue weighted by Crippen LogP contribution is 2.31. The molecule has 0 saturated carbocycles. The standard InChI is InChI=1S/C21H19Cl/c1-15-12-16(2)14-20(13-15)21(22)19-10-8-18(9-11-19)17-6-4-3-5-7-17/h3-14,21H,1-2H3. The number of rotatable bonds is 3. The summed E-state index contributed by atoms with van der Waals surface area (Å²) in [4.78, 5) is 0. The summed E-state index contributed by atoms with van der Waals surface area (Å²) < 4.78 is 0. The van der Waals surface area contributed by atoms with Gasteiger partial charge in [0.2, 0.25) is 0 Å². The van der Waals surface area contributed by atoms with Crippen LogP contribution < -0.4 is 0 Å². The number of alkyl halides is 1. The van der Waals surface area contributed by atoms with E-state index in [0.717, 1.165) is 11.1 Å². The maximum Gasteiger partial charge on any atom is 0.0835 e. The Morgan fingerprint density at radius 1 is 0.636 bits per heavy atom. The van der Waals surface area contributed by atoms with Crippen molar-refractivity contribution < 1.29 is 0 Å². The molecule has 22 heavy (non-hydrogen) atoms. The maximum absolute atomic E-state index is 6.67. The molecule has 3 rings (SSSR count). The summed E-state index contributed by atoms with van der Waals surface area (Å²) in [6, 6.07) is 25.4. The molecule has 0 aromatic heterocycles. The molecule has 0 N–H and O–H groups in total. The lowest BCUT2D eigenvalue weighted by Gasteiger charge is -2.13. The highest BCUT2D eigenvalue weighted by Gasteiger charge is 2.11. The average Bonchev–Trinajstić information content (AvgIpc) is 2.54. The zero-order valence-corrected chi connectivity index (χ0v) is 13.6. The molecule has 110 valence electrons. The quantitative estimate of drug-likeness (QED) is 0.498. The van der Waals surface area contributed by atoms with E-state index in [1.165, 1.54) is 22.3 Å². The van der Waals surface area contributed by atoms with E-state index >= 15 is 0 Å². The molecule has 0 radical (unpaired) electrons. The third kappa shape index (κ3) is 3.23. The van der Waals surface area contributed by atoms with Gasteiger partial charge in [-0.1, -0.05) is 83.9 Å². The van der Waals surface area contributed by atoms with E-state index in [1.54, 1.807) is 0 Å². The van der Waals surface area contributed by atoms with Crippen molar-refractivity contribution in [2.24, 2.45) is 0 Å². The van der Waals surface area contributed by atoms with Gasteiger partial charge in [-0.25, -0.2) is 0 Å². The van der Waals surface area contributed by atoms with Crippen molar-refractivity contribution in [3.63, 3.8) is 0 Å². The molecule has 0 bridgehead atoms. The van der Waals surface area contributed by atoms with Crippen molar-refractivity contribution in [3.05, 3.63) is 95.1 Å². The Labute approximate surface area is 137 Å². The number of benzene rings is 3. The van der Waals surface area contributed by atoms with Gasteiger partial charge in [-0.2, -0.15) is 0 Å².